The van der Waals surface area contributed by atoms with Gasteiger partial charge in [-0.2, -0.15) is 4.68 Å². The zero-order chi connectivity index (χ0) is 28.9. The first-order chi connectivity index (χ1) is 19.0. The van der Waals surface area contributed by atoms with Gasteiger partial charge in [0.25, 0.3) is 5.91 Å². The molecule has 0 saturated heterocycles. The molecule has 0 fully saturated rings. The summed E-state index contributed by atoms with van der Waals surface area (Å²) in [4.78, 5) is 25.2. The average Bonchev–Trinajstić information content (AvgIpc) is 3.37. The van der Waals surface area contributed by atoms with Gasteiger partial charge in [0.15, 0.2) is 0 Å². The van der Waals surface area contributed by atoms with E-state index in [4.69, 9.17) is 23.2 Å². The van der Waals surface area contributed by atoms with E-state index in [0.29, 0.717) is 40.1 Å². The van der Waals surface area contributed by atoms with Gasteiger partial charge in [-0.1, -0.05) is 73.9 Å². The number of nitrogens with one attached hydrogen (secondary N) is 2. The maximum Gasteiger partial charge on any atom is 0.251 e. The van der Waals surface area contributed by atoms with Gasteiger partial charge in [-0.05, 0) is 75.9 Å². The van der Waals surface area contributed by atoms with Crippen molar-refractivity contribution in [2.24, 2.45) is 0 Å². The van der Waals surface area contributed by atoms with Crippen LogP contribution in [0.15, 0.2) is 65.8 Å². The molecule has 0 aliphatic carbocycles. The summed E-state index contributed by atoms with van der Waals surface area (Å²) >= 11 is 14.0. The molecule has 4 rings (SSSR count). The Hall–Kier alpha value is -3.60. The van der Waals surface area contributed by atoms with Crippen LogP contribution in [-0.2, 0) is 16.6 Å². The maximum atomic E-state index is 12.7. The summed E-state index contributed by atoms with van der Waals surface area (Å²) in [5, 5.41) is 27.9. The number of benzene rings is 3. The number of nitrogens with zero attached hydrogens (tertiary/aromatic N) is 4. The Morgan fingerprint density at radius 2 is 1.75 bits per heavy atom. The van der Waals surface area contributed by atoms with Gasteiger partial charge in [0.2, 0.25) is 11.1 Å². The molecule has 2 amide bonds. The third-order valence-corrected chi connectivity index (χ3v) is 7.49. The third kappa shape index (κ3) is 7.53. The lowest BCUT2D eigenvalue weighted by atomic mass is 9.87. The lowest BCUT2D eigenvalue weighted by Crippen LogP contribution is -2.25. The second-order valence-electron chi connectivity index (χ2n) is 9.99. The number of halogens is 2. The first-order valence-corrected chi connectivity index (χ1v) is 14.1. The largest absolute Gasteiger partial charge is 0.508 e. The Labute approximate surface area is 246 Å². The van der Waals surface area contributed by atoms with Crippen LogP contribution in [-0.4, -0.2) is 49.4 Å². The molecule has 0 atom stereocenters. The van der Waals surface area contributed by atoms with Crippen molar-refractivity contribution in [3.05, 3.63) is 87.4 Å². The summed E-state index contributed by atoms with van der Waals surface area (Å²) < 4.78 is 1.49. The van der Waals surface area contributed by atoms with Crippen LogP contribution in [0.5, 0.6) is 5.75 Å². The van der Waals surface area contributed by atoms with Gasteiger partial charge in [0, 0.05) is 12.1 Å². The SMILES string of the molecule is CC(C)(C)c1ccc(-n2nnnc2SCC(=O)Nc2ccc(C(=O)NCCc3ccc(O)cc3)cc2Cl)c(Cl)c1. The van der Waals surface area contributed by atoms with Gasteiger partial charge in [-0.15, -0.1) is 5.10 Å². The summed E-state index contributed by atoms with van der Waals surface area (Å²) in [6.45, 7) is 6.73. The van der Waals surface area contributed by atoms with Crippen molar-refractivity contribution in [3.63, 3.8) is 0 Å². The number of carbonyl (C=O) groups is 2. The first-order valence-electron chi connectivity index (χ1n) is 12.4. The summed E-state index contributed by atoms with van der Waals surface area (Å²) in [7, 11) is 0. The minimum Gasteiger partial charge on any atom is -0.508 e. The lowest BCUT2D eigenvalue weighted by Gasteiger charge is -2.20. The van der Waals surface area contributed by atoms with E-state index in [1.165, 1.54) is 10.7 Å². The molecule has 3 aromatic carbocycles. The summed E-state index contributed by atoms with van der Waals surface area (Å²) in [6.07, 6.45) is 0.614. The molecule has 0 bridgehead atoms. The van der Waals surface area contributed by atoms with Gasteiger partial charge < -0.3 is 15.7 Å². The lowest BCUT2D eigenvalue weighted by molar-refractivity contribution is -0.113. The van der Waals surface area contributed by atoms with E-state index >= 15 is 0 Å². The third-order valence-electron chi connectivity index (χ3n) is 5.96. The minimum atomic E-state index is -0.318. The Morgan fingerprint density at radius 1 is 1.00 bits per heavy atom. The van der Waals surface area contributed by atoms with E-state index < -0.39 is 0 Å². The highest BCUT2D eigenvalue weighted by Gasteiger charge is 2.19. The second-order valence-corrected chi connectivity index (χ2v) is 11.8. The highest BCUT2D eigenvalue weighted by molar-refractivity contribution is 7.99. The van der Waals surface area contributed by atoms with E-state index in [9.17, 15) is 14.7 Å². The number of amides is 2. The number of hydrogen-bond acceptors (Lipinski definition) is 7. The number of anilines is 1. The molecule has 208 valence electrons. The number of hydrogen-bond donors (Lipinski definition) is 3. The van der Waals surface area contributed by atoms with E-state index in [0.717, 1.165) is 22.9 Å². The summed E-state index contributed by atoms with van der Waals surface area (Å²) in [5.41, 5.74) is 3.38. The molecule has 4 aromatic rings. The average molecular weight is 600 g/mol. The topological polar surface area (TPSA) is 122 Å². The number of phenolic OH excluding ortho intramolecular Hbond substituents is 1. The standard InChI is InChI=1S/C28H28Cl2N6O3S/c1-28(2,3)19-7-11-24(22(30)15-19)36-27(33-34-35-36)40-16-25(38)32-23-10-6-18(14-21(23)29)26(39)31-13-12-17-4-8-20(37)9-5-17/h4-11,14-15,37H,12-13,16H2,1-3H3,(H,31,39)(H,32,38). The minimum absolute atomic E-state index is 0.0217. The number of carbonyl (C=O) groups excluding carboxylic acids is 2. The zero-order valence-corrected chi connectivity index (χ0v) is 24.4. The van der Waals surface area contributed by atoms with Gasteiger partial charge in [-0.25, -0.2) is 0 Å². The number of tetrazole rings is 1. The predicted molar refractivity (Wildman–Crippen MR) is 158 cm³/mol. The molecule has 0 saturated carbocycles. The molecule has 0 spiro atoms. The molecule has 0 unspecified atom stereocenters. The van der Waals surface area contributed by atoms with Crippen molar-refractivity contribution in [1.29, 1.82) is 0 Å². The normalized spacial score (nSPS) is 11.3. The number of phenols is 1. The quantitative estimate of drug-likeness (QED) is 0.212. The zero-order valence-electron chi connectivity index (χ0n) is 22.1. The molecule has 3 N–H and O–H groups in total. The Kier molecular flexibility index (Phi) is 9.34. The van der Waals surface area contributed by atoms with Gasteiger partial charge in [0.05, 0.1) is 27.2 Å². The fourth-order valence-electron chi connectivity index (χ4n) is 3.72. The van der Waals surface area contributed by atoms with E-state index in [1.54, 1.807) is 36.4 Å². The highest BCUT2D eigenvalue weighted by Crippen LogP contribution is 2.30. The Bertz CT molecular complexity index is 1520. The summed E-state index contributed by atoms with van der Waals surface area (Å²) in [5.74, 6) is -0.384. The molecule has 0 aliphatic heterocycles. The van der Waals surface area contributed by atoms with E-state index in [1.807, 2.05) is 18.2 Å². The van der Waals surface area contributed by atoms with Crippen molar-refractivity contribution < 1.29 is 14.7 Å². The molecule has 0 radical (unpaired) electrons. The number of thioether (sulfide) groups is 1. The van der Waals surface area contributed by atoms with Crippen LogP contribution >= 0.6 is 35.0 Å². The Balaban J connectivity index is 1.32. The van der Waals surface area contributed by atoms with Crippen LogP contribution in [0.4, 0.5) is 5.69 Å². The predicted octanol–water partition coefficient (Wildman–Crippen LogP) is 5.68. The molecule has 1 heterocycles. The fourth-order valence-corrected chi connectivity index (χ4v) is 4.90. The molecule has 9 nitrogen and oxygen atoms in total. The number of aromatic nitrogens is 4. The van der Waals surface area contributed by atoms with Crippen LogP contribution in [0.25, 0.3) is 5.69 Å². The van der Waals surface area contributed by atoms with Crippen LogP contribution < -0.4 is 10.6 Å². The molecule has 1 aromatic heterocycles. The first kappa shape index (κ1) is 29.4. The van der Waals surface area contributed by atoms with Crippen LogP contribution in [0.2, 0.25) is 10.0 Å². The van der Waals surface area contributed by atoms with Crippen molar-refractivity contribution in [3.8, 4) is 11.4 Å². The number of aromatic hydroxyl groups is 1. The highest BCUT2D eigenvalue weighted by atomic mass is 35.5. The van der Waals surface area contributed by atoms with Gasteiger partial charge in [0.1, 0.15) is 5.75 Å². The molecule has 0 aliphatic rings. The fraction of sp³-hybridized carbons (Fsp3) is 0.250. The van der Waals surface area contributed by atoms with Crippen LogP contribution in [0.3, 0.4) is 0 Å². The molecular weight excluding hydrogens is 571 g/mol. The molecule has 40 heavy (non-hydrogen) atoms. The molecular formula is C28H28Cl2N6O3S. The van der Waals surface area contributed by atoms with Crippen molar-refractivity contribution in [1.82, 2.24) is 25.5 Å². The van der Waals surface area contributed by atoms with E-state index in [2.05, 4.69) is 46.9 Å². The van der Waals surface area contributed by atoms with Crippen molar-refractivity contribution in [2.45, 2.75) is 37.8 Å². The summed E-state index contributed by atoms with van der Waals surface area (Å²) in [6, 6.07) is 17.2. The van der Waals surface area contributed by atoms with Gasteiger partial charge in [-0.3, -0.25) is 9.59 Å². The van der Waals surface area contributed by atoms with Gasteiger partial charge >= 0.3 is 0 Å². The second kappa shape index (κ2) is 12.7. The monoisotopic (exact) mass is 598 g/mol. The maximum absolute atomic E-state index is 12.7. The van der Waals surface area contributed by atoms with E-state index in [-0.39, 0.29) is 33.8 Å². The van der Waals surface area contributed by atoms with Crippen molar-refractivity contribution >= 4 is 52.5 Å². The van der Waals surface area contributed by atoms with Crippen molar-refractivity contribution in [2.75, 3.05) is 17.6 Å². The molecule has 12 heteroatoms. The van der Waals surface area contributed by atoms with Crippen LogP contribution in [0, 0.1) is 0 Å². The smallest absolute Gasteiger partial charge is 0.251 e. The number of rotatable bonds is 9. The van der Waals surface area contributed by atoms with Crippen LogP contribution in [0.1, 0.15) is 42.3 Å². The Morgan fingerprint density at radius 3 is 2.42 bits per heavy atom.